The molecule has 1 heterocycles. The SMILES string of the molecule is CC[C@H](C)[C@@H]([C@@H](CC(=O)N1CCC[C@H]1[C@H](OC)[C@@H](C)C(=O)N[C@H](C)[C@@H](O)c1ccccc1)OC)N(C)C(=O)[C@@H](CC(=O)[C@H](C(C)C)N(C)C(=O)OCc1ccc(NC(=O)[C@H](CCCNC(N)=O)CC(=O)[C@@H](NC(=O)CON=Cc2cc(C[C@H](CC(C)(C)C)C(=O)O)ccc2O)C(C)C)cc1)C(C)C. The number of phenolic OH excluding ortho intramolecular Hbond substituents is 1. The lowest BCUT2D eigenvalue weighted by Crippen LogP contribution is -2.55. The monoisotopic (exact) mass is 1440 g/mol. The number of carboxylic acid groups (broad SMARTS) is 1. The molecule has 1 saturated heterocycles. The molecule has 13 atom stereocenters. The summed E-state index contributed by atoms with van der Waals surface area (Å²) < 4.78 is 17.8. The smallest absolute Gasteiger partial charge is 0.410 e. The van der Waals surface area contributed by atoms with Gasteiger partial charge in [-0.1, -0.05) is 143 Å². The highest BCUT2D eigenvalue weighted by atomic mass is 16.6. The van der Waals surface area contributed by atoms with E-state index in [0.29, 0.717) is 54.6 Å². The van der Waals surface area contributed by atoms with Gasteiger partial charge < -0.3 is 76.1 Å². The number of hydrogen-bond acceptors (Lipinski definition) is 17. The van der Waals surface area contributed by atoms with Crippen LogP contribution in [0, 0.1) is 52.8 Å². The maximum absolute atomic E-state index is 14.9. The number of oxime groups is 1. The highest BCUT2D eigenvalue weighted by Crippen LogP contribution is 2.33. The van der Waals surface area contributed by atoms with Gasteiger partial charge in [-0.25, -0.2) is 9.59 Å². The zero-order chi connectivity index (χ0) is 77.2. The van der Waals surface area contributed by atoms with Gasteiger partial charge in [0, 0.05) is 77.3 Å². The number of aliphatic hydroxyl groups excluding tert-OH is 1. The molecule has 1 aliphatic heterocycles. The van der Waals surface area contributed by atoms with E-state index in [0.717, 1.165) is 0 Å². The first-order chi connectivity index (χ1) is 48.4. The van der Waals surface area contributed by atoms with Gasteiger partial charge in [0.1, 0.15) is 12.4 Å². The Kier molecular flexibility index (Phi) is 35.2. The van der Waals surface area contributed by atoms with Gasteiger partial charge in [0.25, 0.3) is 5.91 Å². The van der Waals surface area contributed by atoms with Crippen molar-refractivity contribution in [2.75, 3.05) is 53.3 Å². The number of carboxylic acids is 1. The fraction of sp³-hybridized carbons (Fsp3) is 0.623. The summed E-state index contributed by atoms with van der Waals surface area (Å²) in [6.07, 6.45) is 0.436. The number of aromatic hydroxyl groups is 1. The number of carbonyl (C=O) groups excluding carboxylic acids is 9. The Hall–Kier alpha value is -8.49. The number of nitrogens with two attached hydrogens (primary N) is 1. The molecule has 0 spiro atoms. The standard InChI is InChI=1S/C77H117N9O17/c1-18-48(8)68(63(100-16)40-65(91)86-35-23-27-59(86)70(101-17)49(9)71(93)81-50(10)69(92)53-24-20-19-21-25-53)84(14)73(95)58(45(2)3)39-62(89)67(47(6)7)85(15)76(99)102-43-51-28-31-57(32-29-51)82-72(94)54(26-22-34-79-75(78)98)38-61(88)66(46(4)5)83-64(90)44-103-80-42-56-37-52(30-33-60(56)87)36-55(74(96)97)41-77(11,12)13/h19-21,24-25,28-33,37,42,45-50,54-55,58-59,63,66-70,87,92H,18,22-23,26-27,34-36,38-41,43-44H2,1-17H3,(H,81,93)(H,82,94)(H,83,90)(H,96,97)(H3,78,79,98)/t48-,49+,50+,54+,55+,58-,59-,63+,66-,67-,68-,69+,70+/m0/s1. The van der Waals surface area contributed by atoms with E-state index in [1.165, 1.54) is 38.4 Å². The van der Waals surface area contributed by atoms with Crippen LogP contribution < -0.4 is 27.0 Å². The first-order valence-corrected chi connectivity index (χ1v) is 36.0. The summed E-state index contributed by atoms with van der Waals surface area (Å²) in [4.78, 5) is 146. The third-order valence-electron chi connectivity index (χ3n) is 19.5. The van der Waals surface area contributed by atoms with Crippen molar-refractivity contribution in [1.82, 2.24) is 30.7 Å². The van der Waals surface area contributed by atoms with Gasteiger partial charge in [-0.3, -0.25) is 38.4 Å². The number of hydrogen-bond donors (Lipinski definition) is 8. The largest absolute Gasteiger partial charge is 0.507 e. The molecule has 26 heteroatoms. The Morgan fingerprint density at radius 1 is 0.777 bits per heavy atom. The molecule has 0 radical (unpaired) electrons. The van der Waals surface area contributed by atoms with Crippen LogP contribution in [-0.4, -0.2) is 186 Å². The predicted molar refractivity (Wildman–Crippen MR) is 392 cm³/mol. The van der Waals surface area contributed by atoms with E-state index in [4.69, 9.17) is 24.8 Å². The number of carbonyl (C=O) groups is 10. The van der Waals surface area contributed by atoms with Crippen molar-refractivity contribution in [2.45, 2.75) is 209 Å². The summed E-state index contributed by atoms with van der Waals surface area (Å²) in [5.41, 5.74) is 7.49. The van der Waals surface area contributed by atoms with Crippen molar-refractivity contribution in [2.24, 2.45) is 63.6 Å². The van der Waals surface area contributed by atoms with E-state index in [1.54, 1.807) is 107 Å². The lowest BCUT2D eigenvalue weighted by molar-refractivity contribution is -0.149. The van der Waals surface area contributed by atoms with E-state index in [1.807, 2.05) is 66.7 Å². The third-order valence-corrected chi connectivity index (χ3v) is 19.5. The molecule has 3 aromatic rings. The van der Waals surface area contributed by atoms with Gasteiger partial charge in [0.2, 0.25) is 23.6 Å². The van der Waals surface area contributed by atoms with Crippen LogP contribution in [0.5, 0.6) is 5.75 Å². The van der Waals surface area contributed by atoms with Crippen molar-refractivity contribution in [1.29, 1.82) is 0 Å². The molecule has 0 saturated carbocycles. The summed E-state index contributed by atoms with van der Waals surface area (Å²) in [5.74, 6) is -8.35. The predicted octanol–water partition coefficient (Wildman–Crippen LogP) is 9.21. The number of anilines is 1. The number of aliphatic hydroxyl groups is 1. The molecular formula is C77H117N9O17. The molecule has 9 N–H and O–H groups in total. The molecule has 4 rings (SSSR count). The number of amides is 8. The van der Waals surface area contributed by atoms with Crippen LogP contribution in [0.3, 0.4) is 0 Å². The van der Waals surface area contributed by atoms with Crippen LogP contribution >= 0.6 is 0 Å². The first-order valence-electron chi connectivity index (χ1n) is 36.0. The first kappa shape index (κ1) is 86.9. The van der Waals surface area contributed by atoms with Crippen molar-refractivity contribution in [3.8, 4) is 5.75 Å². The van der Waals surface area contributed by atoms with Crippen LogP contribution in [0.25, 0.3) is 0 Å². The maximum atomic E-state index is 14.9. The number of ether oxygens (including phenoxy) is 3. The average molecular weight is 1440 g/mol. The Balaban J connectivity index is 1.38. The Morgan fingerprint density at radius 3 is 2.00 bits per heavy atom. The molecular weight excluding hydrogens is 1320 g/mol. The quantitative estimate of drug-likeness (QED) is 0.0149. The van der Waals surface area contributed by atoms with Crippen LogP contribution in [0.15, 0.2) is 78.0 Å². The summed E-state index contributed by atoms with van der Waals surface area (Å²) in [6.45, 7) is 23.8. The minimum absolute atomic E-state index is 0.0781. The zero-order valence-corrected chi connectivity index (χ0v) is 63.6. The Bertz CT molecular complexity index is 3310. The molecule has 26 nitrogen and oxygen atoms in total. The molecule has 0 unspecified atom stereocenters. The second kappa shape index (κ2) is 41.7. The summed E-state index contributed by atoms with van der Waals surface area (Å²) in [6, 6.07) is 15.7. The molecule has 0 bridgehead atoms. The van der Waals surface area contributed by atoms with Crippen molar-refractivity contribution in [3.05, 3.63) is 95.1 Å². The number of aliphatic carboxylic acids is 1. The number of ketones is 2. The number of urea groups is 1. The number of primary amides is 1. The molecule has 8 amide bonds. The van der Waals surface area contributed by atoms with Gasteiger partial charge in [-0.2, -0.15) is 0 Å². The number of Topliss-reactive ketones (excluding diaryl/α,β-unsaturated/α-hetero) is 2. The number of likely N-dealkylation sites (tertiary alicyclic amines) is 1. The molecule has 1 fully saturated rings. The van der Waals surface area contributed by atoms with Crippen LogP contribution in [0.1, 0.15) is 176 Å². The average Bonchev–Trinajstić information content (AvgIpc) is 1.80. The highest BCUT2D eigenvalue weighted by Gasteiger charge is 2.44. The Labute approximate surface area is 608 Å². The van der Waals surface area contributed by atoms with E-state index in [-0.39, 0.29) is 104 Å². The highest BCUT2D eigenvalue weighted by molar-refractivity contribution is 5.98. The van der Waals surface area contributed by atoms with Crippen molar-refractivity contribution in [3.63, 3.8) is 0 Å². The van der Waals surface area contributed by atoms with Crippen LogP contribution in [0.2, 0.25) is 0 Å². The zero-order valence-electron chi connectivity index (χ0n) is 63.6. The lowest BCUT2D eigenvalue weighted by Gasteiger charge is -2.41. The van der Waals surface area contributed by atoms with Gasteiger partial charge >= 0.3 is 18.1 Å². The van der Waals surface area contributed by atoms with E-state index < -0.39 is 126 Å². The van der Waals surface area contributed by atoms with Gasteiger partial charge in [0.15, 0.2) is 18.2 Å². The molecule has 0 aromatic heterocycles. The molecule has 103 heavy (non-hydrogen) atoms. The van der Waals surface area contributed by atoms with Crippen LogP contribution in [0.4, 0.5) is 15.3 Å². The summed E-state index contributed by atoms with van der Waals surface area (Å²) in [5, 5.41) is 46.1. The maximum Gasteiger partial charge on any atom is 0.410 e. The van der Waals surface area contributed by atoms with E-state index in [9.17, 15) is 63.3 Å². The lowest BCUT2D eigenvalue weighted by atomic mass is 9.82. The molecule has 0 aliphatic carbocycles. The van der Waals surface area contributed by atoms with Crippen molar-refractivity contribution >= 4 is 71.1 Å². The number of benzene rings is 3. The minimum atomic E-state index is -1.04. The Morgan fingerprint density at radius 2 is 1.43 bits per heavy atom. The number of nitrogens with zero attached hydrogens (tertiary/aromatic N) is 4. The van der Waals surface area contributed by atoms with Gasteiger partial charge in [0.05, 0.1) is 73.0 Å². The third kappa shape index (κ3) is 26.9. The number of nitrogens with one attached hydrogen (secondary N) is 4. The number of likely N-dealkylation sites (N-methyl/N-ethyl adjacent to an activating group) is 2. The minimum Gasteiger partial charge on any atom is -0.507 e. The molecule has 3 aromatic carbocycles. The molecule has 1 aliphatic rings. The second-order valence-corrected chi connectivity index (χ2v) is 29.8. The number of rotatable bonds is 42. The topological polar surface area (TPSA) is 365 Å². The van der Waals surface area contributed by atoms with Gasteiger partial charge in [-0.15, -0.1) is 0 Å². The summed E-state index contributed by atoms with van der Waals surface area (Å²) >= 11 is 0. The normalized spacial score (nSPS) is 16.8. The fourth-order valence-corrected chi connectivity index (χ4v) is 13.6. The van der Waals surface area contributed by atoms with E-state index >= 15 is 0 Å². The van der Waals surface area contributed by atoms with Crippen molar-refractivity contribution < 1.29 is 82.3 Å². The van der Waals surface area contributed by atoms with Crippen LogP contribution in [-0.2, 0) is 70.4 Å². The van der Waals surface area contributed by atoms with E-state index in [2.05, 4.69) is 26.4 Å². The second-order valence-electron chi connectivity index (χ2n) is 29.8. The molecule has 572 valence electrons. The number of phenols is 1. The summed E-state index contributed by atoms with van der Waals surface area (Å²) in [7, 11) is 6.17. The number of methoxy groups -OCH3 is 2. The van der Waals surface area contributed by atoms with Gasteiger partial charge in [-0.05, 0) is 115 Å². The fourth-order valence-electron chi connectivity index (χ4n) is 13.6.